The Bertz CT molecular complexity index is 1510. The minimum Gasteiger partial charge on any atom is -0.463 e. The fourth-order valence-corrected chi connectivity index (χ4v) is 7.80. The molecule has 10 heteroatoms. The SMILES string of the molecule is CCOC1CCN([C@H]2C[C@@H](COC3CCC(C)CC3)N(C(=O)Cc3cc(Cl)c(NC(=O)c4coc5ccccc45)cc3Cl)C2)CC1. The second-order valence-electron chi connectivity index (χ2n) is 13.2. The minimum atomic E-state index is -0.351. The number of halogens is 2. The maximum atomic E-state index is 13.9. The van der Waals surface area contributed by atoms with Crippen LogP contribution in [0.4, 0.5) is 5.69 Å². The van der Waals surface area contributed by atoms with E-state index in [1.54, 1.807) is 12.1 Å². The Balaban J connectivity index is 1.12. The number of likely N-dealkylation sites (tertiary alicyclic amines) is 2. The molecule has 3 aliphatic rings. The molecular weight excluding hydrogens is 625 g/mol. The summed E-state index contributed by atoms with van der Waals surface area (Å²) in [4.78, 5) is 31.6. The number of carbonyl (C=O) groups excluding carboxylic acids is 2. The quantitative estimate of drug-likeness (QED) is 0.239. The standard InChI is InChI=1S/C36H45Cl2N3O5/c1-3-44-28-12-14-40(15-13-28)25-18-26(21-45-27-10-8-23(2)9-11-27)41(20-25)35(42)17-24-16-32(38)33(19-31(24)37)39-36(43)30-22-46-34-7-5-4-6-29(30)34/h4-7,16,19,22-23,25-28H,3,8-15,17-18,20-21H2,1-2H3,(H,39,43)/t23?,25-,26-,27?/m0/s1. The van der Waals surface area contributed by atoms with Gasteiger partial charge in [0.1, 0.15) is 11.8 Å². The van der Waals surface area contributed by atoms with E-state index < -0.39 is 0 Å². The number of fused-ring (bicyclic) bond motifs is 1. The predicted molar refractivity (Wildman–Crippen MR) is 182 cm³/mol. The highest BCUT2D eigenvalue weighted by molar-refractivity contribution is 6.36. The summed E-state index contributed by atoms with van der Waals surface area (Å²) < 4.78 is 17.9. The largest absolute Gasteiger partial charge is 0.463 e. The zero-order valence-electron chi connectivity index (χ0n) is 26.8. The molecule has 3 heterocycles. The predicted octanol–water partition coefficient (Wildman–Crippen LogP) is 7.60. The number of carbonyl (C=O) groups is 2. The molecule has 8 nitrogen and oxygen atoms in total. The number of piperidine rings is 1. The molecule has 2 saturated heterocycles. The van der Waals surface area contributed by atoms with Gasteiger partial charge in [0.25, 0.3) is 5.91 Å². The molecule has 2 aliphatic heterocycles. The number of para-hydroxylation sites is 1. The molecule has 0 bridgehead atoms. The number of hydrogen-bond acceptors (Lipinski definition) is 6. The van der Waals surface area contributed by atoms with Crippen molar-refractivity contribution in [3.63, 3.8) is 0 Å². The summed E-state index contributed by atoms with van der Waals surface area (Å²) >= 11 is 13.4. The van der Waals surface area contributed by atoms with Gasteiger partial charge in [0.15, 0.2) is 0 Å². The summed E-state index contributed by atoms with van der Waals surface area (Å²) in [6.07, 6.45) is 9.66. The topological polar surface area (TPSA) is 84.3 Å². The number of furan rings is 1. The van der Waals surface area contributed by atoms with Crippen molar-refractivity contribution in [3.05, 3.63) is 63.8 Å². The van der Waals surface area contributed by atoms with Crippen LogP contribution in [-0.4, -0.2) is 78.8 Å². The summed E-state index contributed by atoms with van der Waals surface area (Å²) in [6.45, 7) is 8.30. The summed E-state index contributed by atoms with van der Waals surface area (Å²) in [6, 6.07) is 11.0. The molecule has 3 aromatic rings. The van der Waals surface area contributed by atoms with Crippen LogP contribution in [0, 0.1) is 5.92 Å². The molecule has 2 aromatic carbocycles. The van der Waals surface area contributed by atoms with Crippen molar-refractivity contribution in [1.29, 1.82) is 0 Å². The average Bonchev–Trinajstić information content (AvgIpc) is 3.69. The van der Waals surface area contributed by atoms with Gasteiger partial charge in [-0.2, -0.15) is 0 Å². The number of rotatable bonds is 10. The van der Waals surface area contributed by atoms with Crippen LogP contribution in [0.5, 0.6) is 0 Å². The number of nitrogens with one attached hydrogen (secondary N) is 1. The fraction of sp³-hybridized carbons (Fsp3) is 0.556. The lowest BCUT2D eigenvalue weighted by molar-refractivity contribution is -0.133. The molecular formula is C36H45Cl2N3O5. The fourth-order valence-electron chi connectivity index (χ4n) is 7.33. The van der Waals surface area contributed by atoms with Gasteiger partial charge in [-0.25, -0.2) is 0 Å². The van der Waals surface area contributed by atoms with E-state index in [4.69, 9.17) is 37.1 Å². The van der Waals surface area contributed by atoms with Crippen LogP contribution in [0.25, 0.3) is 11.0 Å². The molecule has 1 N–H and O–H groups in total. The Labute approximate surface area is 281 Å². The highest BCUT2D eigenvalue weighted by atomic mass is 35.5. The summed E-state index contributed by atoms with van der Waals surface area (Å²) in [5.41, 5.74) is 2.04. The van der Waals surface area contributed by atoms with E-state index in [0.29, 0.717) is 63.1 Å². The van der Waals surface area contributed by atoms with Crippen LogP contribution in [0.15, 0.2) is 47.1 Å². The van der Waals surface area contributed by atoms with Gasteiger partial charge >= 0.3 is 0 Å². The van der Waals surface area contributed by atoms with Crippen molar-refractivity contribution in [2.24, 2.45) is 5.92 Å². The Kier molecular flexibility index (Phi) is 10.9. The lowest BCUT2D eigenvalue weighted by Gasteiger charge is -2.35. The minimum absolute atomic E-state index is 0.0113. The van der Waals surface area contributed by atoms with Gasteiger partial charge in [0.2, 0.25) is 5.91 Å². The molecule has 1 saturated carbocycles. The highest BCUT2D eigenvalue weighted by Crippen LogP contribution is 2.33. The van der Waals surface area contributed by atoms with Gasteiger partial charge in [-0.05, 0) is 81.5 Å². The number of ether oxygens (including phenoxy) is 2. The lowest BCUT2D eigenvalue weighted by Crippen LogP contribution is -2.45. The van der Waals surface area contributed by atoms with Crippen molar-refractivity contribution in [1.82, 2.24) is 9.80 Å². The molecule has 1 aromatic heterocycles. The molecule has 46 heavy (non-hydrogen) atoms. The van der Waals surface area contributed by atoms with Crippen LogP contribution in [0.1, 0.15) is 74.7 Å². The van der Waals surface area contributed by atoms with E-state index in [9.17, 15) is 9.59 Å². The number of amides is 2. The van der Waals surface area contributed by atoms with Gasteiger partial charge < -0.3 is 24.1 Å². The smallest absolute Gasteiger partial charge is 0.259 e. The summed E-state index contributed by atoms with van der Waals surface area (Å²) in [5.74, 6) is 0.419. The van der Waals surface area contributed by atoms with Gasteiger partial charge in [-0.1, -0.05) is 48.3 Å². The van der Waals surface area contributed by atoms with Crippen molar-refractivity contribution in [3.8, 4) is 0 Å². The molecule has 248 valence electrons. The zero-order chi connectivity index (χ0) is 32.2. The Morgan fingerprint density at radius 2 is 1.72 bits per heavy atom. The van der Waals surface area contributed by atoms with Crippen molar-refractivity contribution >= 4 is 51.7 Å². The highest BCUT2D eigenvalue weighted by Gasteiger charge is 2.39. The van der Waals surface area contributed by atoms with E-state index >= 15 is 0 Å². The van der Waals surface area contributed by atoms with Crippen LogP contribution in [0.2, 0.25) is 10.0 Å². The first kappa shape index (κ1) is 33.3. The number of nitrogens with zero attached hydrogens (tertiary/aromatic N) is 2. The monoisotopic (exact) mass is 669 g/mol. The van der Waals surface area contributed by atoms with Crippen LogP contribution < -0.4 is 5.32 Å². The Morgan fingerprint density at radius 3 is 2.48 bits per heavy atom. The van der Waals surface area contributed by atoms with Gasteiger partial charge in [-0.15, -0.1) is 0 Å². The molecule has 0 radical (unpaired) electrons. The van der Waals surface area contributed by atoms with Crippen molar-refractivity contribution in [2.45, 2.75) is 89.5 Å². The average molecular weight is 671 g/mol. The third-order valence-electron chi connectivity index (χ3n) is 10.0. The molecule has 3 fully saturated rings. The second-order valence-corrected chi connectivity index (χ2v) is 14.0. The molecule has 0 spiro atoms. The summed E-state index contributed by atoms with van der Waals surface area (Å²) in [5, 5.41) is 4.26. The third-order valence-corrected chi connectivity index (χ3v) is 10.7. The van der Waals surface area contributed by atoms with E-state index in [2.05, 4.69) is 24.1 Å². The first-order valence-corrected chi connectivity index (χ1v) is 17.6. The zero-order valence-corrected chi connectivity index (χ0v) is 28.3. The Morgan fingerprint density at radius 1 is 0.978 bits per heavy atom. The van der Waals surface area contributed by atoms with Gasteiger partial charge in [0.05, 0.1) is 47.6 Å². The Hall–Kier alpha value is -2.62. The third kappa shape index (κ3) is 7.74. The number of hydrogen-bond donors (Lipinski definition) is 1. The normalized spacial score (nSPS) is 24.5. The number of benzene rings is 2. The lowest BCUT2D eigenvalue weighted by atomic mass is 9.89. The van der Waals surface area contributed by atoms with Crippen molar-refractivity contribution in [2.75, 3.05) is 38.2 Å². The molecule has 1 aliphatic carbocycles. The first-order chi connectivity index (χ1) is 22.3. The maximum Gasteiger partial charge on any atom is 0.259 e. The molecule has 6 rings (SSSR count). The first-order valence-electron chi connectivity index (χ1n) is 16.8. The van der Waals surface area contributed by atoms with E-state index in [0.717, 1.165) is 57.7 Å². The van der Waals surface area contributed by atoms with Crippen LogP contribution in [0.3, 0.4) is 0 Å². The van der Waals surface area contributed by atoms with Crippen molar-refractivity contribution < 1.29 is 23.5 Å². The second kappa shape index (κ2) is 15.1. The molecule has 0 unspecified atom stereocenters. The molecule has 2 atom stereocenters. The number of anilines is 1. The van der Waals surface area contributed by atoms with Crippen LogP contribution >= 0.6 is 23.2 Å². The van der Waals surface area contributed by atoms with E-state index in [1.807, 2.05) is 29.2 Å². The van der Waals surface area contributed by atoms with Crippen LogP contribution in [-0.2, 0) is 20.7 Å². The van der Waals surface area contributed by atoms with Gasteiger partial charge in [0, 0.05) is 42.7 Å². The summed E-state index contributed by atoms with van der Waals surface area (Å²) in [7, 11) is 0. The molecule has 2 amide bonds. The maximum absolute atomic E-state index is 13.9. The van der Waals surface area contributed by atoms with E-state index in [-0.39, 0.29) is 30.4 Å². The van der Waals surface area contributed by atoms with E-state index in [1.165, 1.54) is 19.1 Å². The van der Waals surface area contributed by atoms with Gasteiger partial charge in [-0.3, -0.25) is 14.5 Å².